The molecule has 6 nitrogen and oxygen atoms in total. The average Bonchev–Trinajstić information content (AvgIpc) is 2.71. The van der Waals surface area contributed by atoms with E-state index >= 15 is 0 Å². The first-order valence-electron chi connectivity index (χ1n) is 10.5. The van der Waals surface area contributed by atoms with Crippen LogP contribution < -0.4 is 10.1 Å². The molecule has 0 aromatic heterocycles. The lowest BCUT2D eigenvalue weighted by Gasteiger charge is -2.34. The monoisotopic (exact) mass is 391 g/mol. The number of methoxy groups -OCH3 is 1. The van der Waals surface area contributed by atoms with Crippen LogP contribution in [-0.2, 0) is 9.47 Å². The Labute approximate surface area is 170 Å². The van der Waals surface area contributed by atoms with E-state index < -0.39 is 0 Å². The predicted octanol–water partition coefficient (Wildman–Crippen LogP) is 3.25. The minimum Gasteiger partial charge on any atom is -0.489 e. The Balaban J connectivity index is 1.81. The second-order valence-corrected chi connectivity index (χ2v) is 7.29. The van der Waals surface area contributed by atoms with Crippen LogP contribution in [-0.4, -0.2) is 69.6 Å². The van der Waals surface area contributed by atoms with E-state index in [0.29, 0.717) is 12.6 Å². The van der Waals surface area contributed by atoms with Gasteiger partial charge in [0.1, 0.15) is 11.9 Å². The summed E-state index contributed by atoms with van der Waals surface area (Å²) >= 11 is 0. The molecule has 1 aliphatic heterocycles. The normalized spacial score (nSPS) is 16.9. The van der Waals surface area contributed by atoms with Gasteiger partial charge in [0, 0.05) is 40.0 Å². The summed E-state index contributed by atoms with van der Waals surface area (Å²) in [6, 6.07) is 8.11. The first-order chi connectivity index (χ1) is 13.6. The molecule has 1 aliphatic rings. The van der Waals surface area contributed by atoms with Crippen molar-refractivity contribution in [2.24, 2.45) is 4.99 Å². The van der Waals surface area contributed by atoms with E-state index in [4.69, 9.17) is 19.2 Å². The Hall–Kier alpha value is -1.79. The minimum atomic E-state index is 0.0245. The zero-order valence-electron chi connectivity index (χ0n) is 17.9. The molecular weight excluding hydrogens is 354 g/mol. The third-order valence-corrected chi connectivity index (χ3v) is 4.84. The van der Waals surface area contributed by atoms with Crippen LogP contribution in [0.1, 0.15) is 38.7 Å². The number of nitrogens with zero attached hydrogens (tertiary/aromatic N) is 2. The molecule has 1 atom stereocenters. The summed E-state index contributed by atoms with van der Waals surface area (Å²) in [5.41, 5.74) is 1.15. The highest BCUT2D eigenvalue weighted by atomic mass is 16.5. The quantitative estimate of drug-likeness (QED) is 0.377. The Morgan fingerprint density at radius 1 is 1.25 bits per heavy atom. The smallest absolute Gasteiger partial charge is 0.194 e. The van der Waals surface area contributed by atoms with E-state index in [0.717, 1.165) is 69.4 Å². The van der Waals surface area contributed by atoms with Gasteiger partial charge >= 0.3 is 0 Å². The Kier molecular flexibility index (Phi) is 10.1. The highest BCUT2D eigenvalue weighted by Crippen LogP contribution is 2.18. The number of ether oxygens (including phenoxy) is 3. The van der Waals surface area contributed by atoms with Crippen molar-refractivity contribution in [1.29, 1.82) is 0 Å². The van der Waals surface area contributed by atoms with Gasteiger partial charge in [0.15, 0.2) is 5.96 Å². The van der Waals surface area contributed by atoms with Crippen molar-refractivity contribution < 1.29 is 14.2 Å². The average molecular weight is 392 g/mol. The molecule has 2 rings (SSSR count). The summed E-state index contributed by atoms with van der Waals surface area (Å²) < 4.78 is 17.1. The van der Waals surface area contributed by atoms with Crippen molar-refractivity contribution in [2.75, 3.05) is 46.5 Å². The third kappa shape index (κ3) is 7.68. The summed E-state index contributed by atoms with van der Waals surface area (Å²) in [6.45, 7) is 11.2. The van der Waals surface area contributed by atoms with Gasteiger partial charge < -0.3 is 24.4 Å². The van der Waals surface area contributed by atoms with Crippen LogP contribution in [0, 0.1) is 6.92 Å². The molecule has 6 heteroatoms. The number of likely N-dealkylation sites (tertiary alicyclic amines) is 1. The first-order valence-corrected chi connectivity index (χ1v) is 10.5. The van der Waals surface area contributed by atoms with Gasteiger partial charge in [0.25, 0.3) is 0 Å². The lowest BCUT2D eigenvalue weighted by Crippen LogP contribution is -2.47. The topological polar surface area (TPSA) is 55.3 Å². The minimum absolute atomic E-state index is 0.0245. The molecule has 1 aromatic carbocycles. The molecule has 158 valence electrons. The maximum absolute atomic E-state index is 6.06. The van der Waals surface area contributed by atoms with E-state index in [2.05, 4.69) is 37.1 Å². The van der Waals surface area contributed by atoms with Crippen molar-refractivity contribution in [3.05, 3.63) is 29.8 Å². The molecule has 1 heterocycles. The molecule has 1 aromatic rings. The largest absolute Gasteiger partial charge is 0.489 e. The molecule has 0 saturated carbocycles. The molecule has 28 heavy (non-hydrogen) atoms. The van der Waals surface area contributed by atoms with E-state index in [9.17, 15) is 0 Å². The van der Waals surface area contributed by atoms with Gasteiger partial charge in [-0.15, -0.1) is 0 Å². The molecule has 1 saturated heterocycles. The van der Waals surface area contributed by atoms with Crippen LogP contribution in [0.25, 0.3) is 0 Å². The van der Waals surface area contributed by atoms with Gasteiger partial charge in [-0.1, -0.05) is 18.2 Å². The molecule has 0 bridgehead atoms. The SMILES string of the molecule is CCNC(=NCC(C)Oc1ccccc1C)N1CCC(OCCCOC)CC1. The maximum Gasteiger partial charge on any atom is 0.194 e. The summed E-state index contributed by atoms with van der Waals surface area (Å²) in [4.78, 5) is 7.16. The van der Waals surface area contributed by atoms with E-state index in [1.165, 1.54) is 0 Å². The number of para-hydroxylation sites is 1. The van der Waals surface area contributed by atoms with Gasteiger partial charge in [0.2, 0.25) is 0 Å². The molecule has 0 amide bonds. The van der Waals surface area contributed by atoms with Crippen molar-refractivity contribution in [3.63, 3.8) is 0 Å². The highest BCUT2D eigenvalue weighted by molar-refractivity contribution is 5.80. The number of benzene rings is 1. The van der Waals surface area contributed by atoms with Crippen molar-refractivity contribution in [3.8, 4) is 5.75 Å². The van der Waals surface area contributed by atoms with Crippen molar-refractivity contribution in [1.82, 2.24) is 10.2 Å². The summed E-state index contributed by atoms with van der Waals surface area (Å²) in [5.74, 6) is 1.90. The fraction of sp³-hybridized carbons (Fsp3) is 0.682. The Morgan fingerprint density at radius 2 is 2.00 bits per heavy atom. The first kappa shape index (κ1) is 22.5. The third-order valence-electron chi connectivity index (χ3n) is 4.84. The van der Waals surface area contributed by atoms with Gasteiger partial charge in [-0.25, -0.2) is 4.99 Å². The van der Waals surface area contributed by atoms with Crippen LogP contribution >= 0.6 is 0 Å². The fourth-order valence-corrected chi connectivity index (χ4v) is 3.27. The van der Waals surface area contributed by atoms with Crippen molar-refractivity contribution in [2.45, 2.75) is 52.2 Å². The molecule has 1 unspecified atom stereocenters. The van der Waals surface area contributed by atoms with E-state index in [1.54, 1.807) is 7.11 Å². The standard InChI is InChI=1S/C22H37N3O3/c1-5-23-22(24-17-19(3)28-21-10-7-6-9-18(21)2)25-13-11-20(12-14-25)27-16-8-15-26-4/h6-7,9-10,19-20H,5,8,11-17H2,1-4H3,(H,23,24). The lowest BCUT2D eigenvalue weighted by molar-refractivity contribution is 0.00988. The number of hydrogen-bond acceptors (Lipinski definition) is 4. The molecular formula is C22H37N3O3. The van der Waals surface area contributed by atoms with Crippen LogP contribution in [0.3, 0.4) is 0 Å². The molecule has 1 fully saturated rings. The van der Waals surface area contributed by atoms with Crippen LogP contribution in [0.5, 0.6) is 5.75 Å². The van der Waals surface area contributed by atoms with Gasteiger partial charge in [0.05, 0.1) is 12.6 Å². The number of rotatable bonds is 10. The van der Waals surface area contributed by atoms with Crippen LogP contribution in [0.15, 0.2) is 29.3 Å². The van der Waals surface area contributed by atoms with Crippen LogP contribution in [0.2, 0.25) is 0 Å². The zero-order chi connectivity index (χ0) is 20.2. The summed E-state index contributed by atoms with van der Waals surface area (Å²) in [5, 5.41) is 3.42. The number of piperidine rings is 1. The van der Waals surface area contributed by atoms with Gasteiger partial charge in [-0.3, -0.25) is 0 Å². The molecule has 0 radical (unpaired) electrons. The highest BCUT2D eigenvalue weighted by Gasteiger charge is 2.22. The molecule has 0 spiro atoms. The second-order valence-electron chi connectivity index (χ2n) is 7.29. The Morgan fingerprint density at radius 3 is 2.68 bits per heavy atom. The second kappa shape index (κ2) is 12.6. The lowest BCUT2D eigenvalue weighted by atomic mass is 10.1. The van der Waals surface area contributed by atoms with Crippen LogP contribution in [0.4, 0.5) is 0 Å². The van der Waals surface area contributed by atoms with E-state index in [-0.39, 0.29) is 6.10 Å². The Bertz CT molecular complexity index is 586. The number of aliphatic imine (C=N–C) groups is 1. The summed E-state index contributed by atoms with van der Waals surface area (Å²) in [7, 11) is 1.73. The maximum atomic E-state index is 6.06. The van der Waals surface area contributed by atoms with Gasteiger partial charge in [-0.2, -0.15) is 0 Å². The number of guanidine groups is 1. The number of hydrogen-bond donors (Lipinski definition) is 1. The number of nitrogens with one attached hydrogen (secondary N) is 1. The van der Waals surface area contributed by atoms with E-state index in [1.807, 2.05) is 18.2 Å². The predicted molar refractivity (Wildman–Crippen MR) is 114 cm³/mol. The van der Waals surface area contributed by atoms with Crippen molar-refractivity contribution >= 4 is 5.96 Å². The summed E-state index contributed by atoms with van der Waals surface area (Å²) in [6.07, 6.45) is 3.40. The number of aryl methyl sites for hydroxylation is 1. The molecule has 1 N–H and O–H groups in total. The fourth-order valence-electron chi connectivity index (χ4n) is 3.27. The van der Waals surface area contributed by atoms with Gasteiger partial charge in [-0.05, 0) is 51.7 Å². The molecule has 0 aliphatic carbocycles. The zero-order valence-corrected chi connectivity index (χ0v) is 17.9.